The molecular formula is C14H21N3O2. The molecule has 5 N–H and O–H groups in total. The number of amides is 1. The molecule has 0 aliphatic carbocycles. The molecule has 0 aromatic heterocycles. The van der Waals surface area contributed by atoms with Gasteiger partial charge in [-0.25, -0.2) is 0 Å². The van der Waals surface area contributed by atoms with Crippen molar-refractivity contribution in [1.29, 1.82) is 0 Å². The quantitative estimate of drug-likeness (QED) is 0.574. The van der Waals surface area contributed by atoms with Crippen LogP contribution in [0.4, 0.5) is 0 Å². The van der Waals surface area contributed by atoms with E-state index < -0.39 is 12.1 Å². The molecule has 0 aliphatic heterocycles. The first-order valence-electron chi connectivity index (χ1n) is 6.42. The zero-order valence-electron chi connectivity index (χ0n) is 10.9. The van der Waals surface area contributed by atoms with E-state index in [0.717, 1.165) is 11.8 Å². The molecule has 0 unspecified atom stereocenters. The van der Waals surface area contributed by atoms with Crippen LogP contribution < -0.4 is 16.8 Å². The third-order valence-electron chi connectivity index (χ3n) is 2.85. The second-order valence-corrected chi connectivity index (χ2v) is 4.48. The normalized spacial score (nSPS) is 13.6. The lowest BCUT2D eigenvalue weighted by molar-refractivity contribution is -0.125. The van der Waals surface area contributed by atoms with Crippen molar-refractivity contribution in [2.24, 2.45) is 11.5 Å². The summed E-state index contributed by atoms with van der Waals surface area (Å²) in [6, 6.07) is 8.37. The van der Waals surface area contributed by atoms with Crippen LogP contribution in [0, 0.1) is 0 Å². The van der Waals surface area contributed by atoms with E-state index in [-0.39, 0.29) is 5.91 Å². The van der Waals surface area contributed by atoms with Gasteiger partial charge in [0.25, 0.3) is 0 Å². The smallest absolute Gasteiger partial charge is 0.237 e. The molecule has 0 aliphatic rings. The molecule has 0 spiro atoms. The maximum atomic E-state index is 11.8. The Morgan fingerprint density at radius 2 is 2.00 bits per heavy atom. The Balaban J connectivity index is 2.48. The lowest BCUT2D eigenvalue weighted by Crippen LogP contribution is -2.46. The average molecular weight is 263 g/mol. The highest BCUT2D eigenvalue weighted by molar-refractivity contribution is 5.84. The summed E-state index contributed by atoms with van der Waals surface area (Å²) in [5.41, 5.74) is 12.1. The molecule has 0 saturated heterocycles. The summed E-state index contributed by atoms with van der Waals surface area (Å²) in [6.07, 6.45) is 2.43. The third-order valence-corrected chi connectivity index (χ3v) is 2.85. The van der Waals surface area contributed by atoms with E-state index in [0.29, 0.717) is 25.8 Å². The van der Waals surface area contributed by atoms with E-state index in [9.17, 15) is 9.59 Å². The number of nitrogens with two attached hydrogens (primary N) is 2. The summed E-state index contributed by atoms with van der Waals surface area (Å²) in [4.78, 5) is 22.8. The number of benzene rings is 1. The molecule has 1 aromatic rings. The van der Waals surface area contributed by atoms with E-state index in [2.05, 4.69) is 5.32 Å². The highest BCUT2D eigenvalue weighted by Gasteiger charge is 2.17. The van der Waals surface area contributed by atoms with Crippen LogP contribution in [-0.2, 0) is 16.0 Å². The number of aldehydes is 1. The summed E-state index contributed by atoms with van der Waals surface area (Å²) in [7, 11) is 0. The standard InChI is InChI=1S/C14H21N3O2/c15-8-4-7-13(16)14(19)17-12(10-18)9-11-5-2-1-3-6-11/h1-3,5-6,10,12-13H,4,7-9,15-16H2,(H,17,19)/t12-,13-/m0/s1. The summed E-state index contributed by atoms with van der Waals surface area (Å²) in [5.74, 6) is -0.304. The summed E-state index contributed by atoms with van der Waals surface area (Å²) in [5, 5.41) is 2.65. The van der Waals surface area contributed by atoms with Crippen molar-refractivity contribution in [3.05, 3.63) is 35.9 Å². The van der Waals surface area contributed by atoms with Crippen molar-refractivity contribution < 1.29 is 9.59 Å². The second kappa shape index (κ2) is 8.39. The first kappa shape index (κ1) is 15.3. The van der Waals surface area contributed by atoms with Crippen molar-refractivity contribution in [2.45, 2.75) is 31.3 Å². The van der Waals surface area contributed by atoms with Crippen LogP contribution in [0.15, 0.2) is 30.3 Å². The zero-order chi connectivity index (χ0) is 14.1. The van der Waals surface area contributed by atoms with Crippen molar-refractivity contribution in [2.75, 3.05) is 6.54 Å². The van der Waals surface area contributed by atoms with Gasteiger partial charge in [-0.05, 0) is 31.4 Å². The highest BCUT2D eigenvalue weighted by Crippen LogP contribution is 2.02. The van der Waals surface area contributed by atoms with Gasteiger partial charge >= 0.3 is 0 Å². The van der Waals surface area contributed by atoms with Crippen molar-refractivity contribution in [1.82, 2.24) is 5.32 Å². The fourth-order valence-corrected chi connectivity index (χ4v) is 1.76. The van der Waals surface area contributed by atoms with Crippen molar-refractivity contribution in [3.63, 3.8) is 0 Å². The van der Waals surface area contributed by atoms with Gasteiger partial charge in [-0.1, -0.05) is 30.3 Å². The minimum Gasteiger partial charge on any atom is -0.345 e. The molecule has 5 heteroatoms. The third kappa shape index (κ3) is 5.63. The van der Waals surface area contributed by atoms with Crippen LogP contribution in [0.2, 0.25) is 0 Å². The number of nitrogens with one attached hydrogen (secondary N) is 1. The van der Waals surface area contributed by atoms with Gasteiger partial charge in [0.1, 0.15) is 6.29 Å². The minimum absolute atomic E-state index is 0.304. The number of hydrogen-bond donors (Lipinski definition) is 3. The van der Waals surface area contributed by atoms with E-state index >= 15 is 0 Å². The predicted octanol–water partition coefficient (Wildman–Crippen LogP) is -0.0210. The van der Waals surface area contributed by atoms with E-state index in [1.807, 2.05) is 30.3 Å². The number of rotatable bonds is 8. The summed E-state index contributed by atoms with van der Waals surface area (Å²) in [6.45, 7) is 0.502. The highest BCUT2D eigenvalue weighted by atomic mass is 16.2. The molecule has 0 saturated carbocycles. The fraction of sp³-hybridized carbons (Fsp3) is 0.429. The first-order valence-corrected chi connectivity index (χ1v) is 6.42. The van der Waals surface area contributed by atoms with E-state index in [4.69, 9.17) is 11.5 Å². The molecule has 0 radical (unpaired) electrons. The molecule has 0 bridgehead atoms. The van der Waals surface area contributed by atoms with E-state index in [1.54, 1.807) is 0 Å². The molecule has 104 valence electrons. The van der Waals surface area contributed by atoms with E-state index in [1.165, 1.54) is 0 Å². The Hall–Kier alpha value is -1.72. The molecule has 1 aromatic carbocycles. The molecule has 2 atom stereocenters. The molecule has 19 heavy (non-hydrogen) atoms. The number of hydrogen-bond acceptors (Lipinski definition) is 4. The monoisotopic (exact) mass is 263 g/mol. The van der Waals surface area contributed by atoms with Crippen LogP contribution >= 0.6 is 0 Å². The molecule has 0 heterocycles. The maximum Gasteiger partial charge on any atom is 0.237 e. The SMILES string of the molecule is NCCC[C@H](N)C(=O)N[C@H](C=O)Cc1ccccc1. The van der Waals surface area contributed by atoms with Crippen molar-refractivity contribution in [3.8, 4) is 0 Å². The lowest BCUT2D eigenvalue weighted by atomic mass is 10.1. The Kier molecular flexibility index (Phi) is 6.78. The predicted molar refractivity (Wildman–Crippen MR) is 74.4 cm³/mol. The molecule has 1 rings (SSSR count). The topological polar surface area (TPSA) is 98.2 Å². The van der Waals surface area contributed by atoms with Gasteiger partial charge in [-0.3, -0.25) is 4.79 Å². The van der Waals surface area contributed by atoms with Gasteiger partial charge in [0, 0.05) is 0 Å². The molecular weight excluding hydrogens is 242 g/mol. The van der Waals surface area contributed by atoms with Gasteiger partial charge in [0.2, 0.25) is 5.91 Å². The molecule has 5 nitrogen and oxygen atoms in total. The first-order chi connectivity index (χ1) is 9.17. The van der Waals surface area contributed by atoms with Crippen LogP contribution in [-0.4, -0.2) is 30.8 Å². The van der Waals surface area contributed by atoms with Crippen LogP contribution in [0.1, 0.15) is 18.4 Å². The van der Waals surface area contributed by atoms with Crippen molar-refractivity contribution >= 4 is 12.2 Å². The summed E-state index contributed by atoms with van der Waals surface area (Å²) < 4.78 is 0. The Morgan fingerprint density at radius 1 is 1.32 bits per heavy atom. The average Bonchev–Trinajstić information content (AvgIpc) is 2.44. The lowest BCUT2D eigenvalue weighted by Gasteiger charge is -2.16. The van der Waals surface area contributed by atoms with Gasteiger partial charge in [-0.15, -0.1) is 0 Å². The minimum atomic E-state index is -0.609. The molecule has 0 fully saturated rings. The molecule has 1 amide bonds. The fourth-order valence-electron chi connectivity index (χ4n) is 1.76. The maximum absolute atomic E-state index is 11.8. The number of carbonyl (C=O) groups is 2. The van der Waals surface area contributed by atoms with Gasteiger partial charge < -0.3 is 21.6 Å². The zero-order valence-corrected chi connectivity index (χ0v) is 10.9. The van der Waals surface area contributed by atoms with Crippen LogP contribution in [0.25, 0.3) is 0 Å². The van der Waals surface area contributed by atoms with Gasteiger partial charge in [0.15, 0.2) is 0 Å². The largest absolute Gasteiger partial charge is 0.345 e. The van der Waals surface area contributed by atoms with Crippen LogP contribution in [0.5, 0.6) is 0 Å². The Morgan fingerprint density at radius 3 is 2.58 bits per heavy atom. The van der Waals surface area contributed by atoms with Gasteiger partial charge in [-0.2, -0.15) is 0 Å². The van der Waals surface area contributed by atoms with Gasteiger partial charge in [0.05, 0.1) is 12.1 Å². The summed E-state index contributed by atoms with van der Waals surface area (Å²) >= 11 is 0. The Labute approximate surface area is 113 Å². The number of carbonyl (C=O) groups excluding carboxylic acids is 2. The Bertz CT molecular complexity index is 395. The van der Waals surface area contributed by atoms with Crippen LogP contribution in [0.3, 0.4) is 0 Å². The second-order valence-electron chi connectivity index (χ2n) is 4.48.